The fraction of sp³-hybridized carbons (Fsp3) is 0.618. The zero-order valence-corrected chi connectivity index (χ0v) is 29.6. The number of nitrogens with zero attached hydrogens (tertiary/aromatic N) is 5. The second-order valence-corrected chi connectivity index (χ2v) is 15.0. The van der Waals surface area contributed by atoms with Crippen LogP contribution in [0.1, 0.15) is 48.8 Å². The molecular weight excluding hydrogens is 679 g/mol. The van der Waals surface area contributed by atoms with E-state index in [1.165, 1.54) is 24.5 Å². The van der Waals surface area contributed by atoms with Gasteiger partial charge in [-0.2, -0.15) is 13.2 Å². The molecule has 5 heterocycles. The number of nitrogens with one attached hydrogen (secondary N) is 2. The number of hydrogen-bond donors (Lipinski definition) is 2. The van der Waals surface area contributed by atoms with Gasteiger partial charge in [0.05, 0.1) is 28.7 Å². The molecule has 268 valence electrons. The minimum absolute atomic E-state index is 0.0234. The summed E-state index contributed by atoms with van der Waals surface area (Å²) in [6.45, 7) is 6.49. The number of likely N-dealkylation sites (tertiary alicyclic amines) is 2. The predicted molar refractivity (Wildman–Crippen MR) is 185 cm³/mol. The van der Waals surface area contributed by atoms with Crippen molar-refractivity contribution in [2.24, 2.45) is 5.92 Å². The summed E-state index contributed by atoms with van der Waals surface area (Å²) in [5.41, 5.74) is 0.218. The highest BCUT2D eigenvalue weighted by Gasteiger charge is 2.38. The Balaban J connectivity index is 1.14. The average Bonchev–Trinajstić information content (AvgIpc) is 3.54. The molecule has 2 N–H and O–H groups in total. The van der Waals surface area contributed by atoms with Crippen LogP contribution in [0.3, 0.4) is 0 Å². The number of hydrogen-bond acceptors (Lipinski definition) is 7. The number of anilines is 2. The number of piperidine rings is 2. The van der Waals surface area contributed by atoms with E-state index in [4.69, 9.17) is 11.6 Å². The van der Waals surface area contributed by atoms with Crippen molar-refractivity contribution in [1.29, 1.82) is 0 Å². The van der Waals surface area contributed by atoms with Gasteiger partial charge in [0.1, 0.15) is 5.00 Å². The Morgan fingerprint density at radius 1 is 1.00 bits per heavy atom. The molecule has 0 radical (unpaired) electrons. The van der Waals surface area contributed by atoms with Crippen LogP contribution in [0.2, 0.25) is 5.02 Å². The van der Waals surface area contributed by atoms with Gasteiger partial charge in [0.25, 0.3) is 0 Å². The van der Waals surface area contributed by atoms with Gasteiger partial charge in [-0.15, -0.1) is 11.3 Å². The Labute approximate surface area is 294 Å². The largest absolute Gasteiger partial charge is 0.418 e. The second kappa shape index (κ2) is 15.0. The lowest BCUT2D eigenvalue weighted by atomic mass is 9.91. The molecular formula is C34H45ClF3N7O3S. The summed E-state index contributed by atoms with van der Waals surface area (Å²) < 4.78 is 42.1. The highest BCUT2D eigenvalue weighted by atomic mass is 35.5. The molecule has 0 saturated carbocycles. The second-order valence-electron chi connectivity index (χ2n) is 13.7. The molecule has 49 heavy (non-hydrogen) atoms. The molecule has 0 aliphatic carbocycles. The molecule has 4 aliphatic rings. The van der Waals surface area contributed by atoms with Crippen molar-refractivity contribution in [2.75, 3.05) is 77.1 Å². The normalized spacial score (nSPS) is 21.0. The molecule has 6 rings (SSSR count). The van der Waals surface area contributed by atoms with Crippen molar-refractivity contribution < 1.29 is 27.6 Å². The molecule has 0 bridgehead atoms. The van der Waals surface area contributed by atoms with Gasteiger partial charge in [-0.25, -0.2) is 4.79 Å². The van der Waals surface area contributed by atoms with Crippen LogP contribution in [0.15, 0.2) is 23.6 Å². The van der Waals surface area contributed by atoms with E-state index in [0.717, 1.165) is 55.7 Å². The summed E-state index contributed by atoms with van der Waals surface area (Å²) in [5.74, 6) is -1.26. The van der Waals surface area contributed by atoms with E-state index in [1.807, 2.05) is 16.3 Å². The van der Waals surface area contributed by atoms with Gasteiger partial charge >= 0.3 is 12.2 Å². The highest BCUT2D eigenvalue weighted by molar-refractivity contribution is 7.14. The van der Waals surface area contributed by atoms with Gasteiger partial charge in [-0.05, 0) is 68.3 Å². The third kappa shape index (κ3) is 8.13. The van der Waals surface area contributed by atoms with Crippen LogP contribution in [0, 0.1) is 5.92 Å². The Morgan fingerprint density at radius 2 is 1.65 bits per heavy atom. The van der Waals surface area contributed by atoms with Gasteiger partial charge in [0.2, 0.25) is 11.8 Å². The van der Waals surface area contributed by atoms with E-state index in [0.29, 0.717) is 51.6 Å². The summed E-state index contributed by atoms with van der Waals surface area (Å²) in [4.78, 5) is 50.8. The fourth-order valence-electron chi connectivity index (χ4n) is 7.74. The average molecular weight is 724 g/mol. The first-order valence-electron chi connectivity index (χ1n) is 17.1. The van der Waals surface area contributed by atoms with Gasteiger partial charge in [-0.3, -0.25) is 19.8 Å². The molecule has 10 nitrogen and oxygen atoms in total. The van der Waals surface area contributed by atoms with E-state index < -0.39 is 17.7 Å². The third-order valence-electron chi connectivity index (χ3n) is 10.6. The minimum Gasteiger partial charge on any atom is -0.386 e. The summed E-state index contributed by atoms with van der Waals surface area (Å²) in [6, 6.07) is 4.73. The molecule has 1 atom stereocenters. The summed E-state index contributed by atoms with van der Waals surface area (Å²) in [6.07, 6.45) is -1.96. The SMILES string of the molecule is CNc1c(Cl)cc(C[C@@H](CC(=O)N2CCC(N3Cc4ccsc4NC3=O)CC2)C(=O)N2CCC(N3CCN(C)CC3)CC2)cc1C(F)(F)F. The topological polar surface area (TPSA) is 91.5 Å². The Hall–Kier alpha value is -3.07. The monoisotopic (exact) mass is 723 g/mol. The van der Waals surface area contributed by atoms with Crippen molar-refractivity contribution in [3.05, 3.63) is 45.3 Å². The summed E-state index contributed by atoms with van der Waals surface area (Å²) in [7, 11) is 3.50. The van der Waals surface area contributed by atoms with Crippen molar-refractivity contribution >= 4 is 51.5 Å². The van der Waals surface area contributed by atoms with Crippen LogP contribution in [-0.2, 0) is 28.7 Å². The maximum Gasteiger partial charge on any atom is 0.418 e. The molecule has 1 aromatic carbocycles. The lowest BCUT2D eigenvalue weighted by molar-refractivity contribution is -0.143. The van der Waals surface area contributed by atoms with Gasteiger partial charge < -0.3 is 24.9 Å². The molecule has 1 aromatic heterocycles. The van der Waals surface area contributed by atoms with Crippen molar-refractivity contribution in [1.82, 2.24) is 24.5 Å². The molecule has 3 fully saturated rings. The van der Waals surface area contributed by atoms with Crippen molar-refractivity contribution in [2.45, 2.75) is 63.3 Å². The van der Waals surface area contributed by atoms with Crippen molar-refractivity contribution in [3.8, 4) is 0 Å². The number of halogens is 4. The van der Waals surface area contributed by atoms with E-state index in [1.54, 1.807) is 9.80 Å². The number of piperazine rings is 1. The molecule has 0 spiro atoms. The quantitative estimate of drug-likeness (QED) is 0.385. The first kappa shape index (κ1) is 35.7. The lowest BCUT2D eigenvalue weighted by Gasteiger charge is -2.42. The number of carbonyl (C=O) groups excluding carboxylic acids is 3. The third-order valence-corrected chi connectivity index (χ3v) is 11.8. The predicted octanol–water partition coefficient (Wildman–Crippen LogP) is 5.29. The van der Waals surface area contributed by atoms with Gasteiger partial charge in [0.15, 0.2) is 0 Å². The number of thiophene rings is 1. The number of urea groups is 1. The van der Waals surface area contributed by atoms with Crippen LogP contribution in [-0.4, -0.2) is 121 Å². The summed E-state index contributed by atoms with van der Waals surface area (Å²) >= 11 is 7.82. The zero-order chi connectivity index (χ0) is 34.9. The number of alkyl halides is 3. The van der Waals surface area contributed by atoms with Gasteiger partial charge in [0, 0.05) is 83.5 Å². The van der Waals surface area contributed by atoms with Crippen LogP contribution < -0.4 is 10.6 Å². The number of carbonyl (C=O) groups is 3. The maximum atomic E-state index is 14.1. The first-order chi connectivity index (χ1) is 23.4. The van der Waals surface area contributed by atoms with Crippen LogP contribution >= 0.6 is 22.9 Å². The molecule has 4 aliphatic heterocycles. The number of likely N-dealkylation sites (N-methyl/N-ethyl adjacent to an activating group) is 1. The number of fused-ring (bicyclic) bond motifs is 1. The van der Waals surface area contributed by atoms with E-state index in [-0.39, 0.29) is 53.0 Å². The van der Waals surface area contributed by atoms with E-state index in [9.17, 15) is 27.6 Å². The minimum atomic E-state index is -4.65. The Morgan fingerprint density at radius 3 is 2.31 bits per heavy atom. The van der Waals surface area contributed by atoms with Crippen LogP contribution in [0.25, 0.3) is 0 Å². The number of benzene rings is 1. The Kier molecular flexibility index (Phi) is 11.0. The number of amides is 4. The molecule has 0 unspecified atom stereocenters. The molecule has 2 aromatic rings. The lowest BCUT2D eigenvalue weighted by Crippen LogP contribution is -2.54. The fourth-order valence-corrected chi connectivity index (χ4v) is 8.88. The van der Waals surface area contributed by atoms with Crippen molar-refractivity contribution in [3.63, 3.8) is 0 Å². The molecule has 4 amide bonds. The van der Waals surface area contributed by atoms with Crippen LogP contribution in [0.4, 0.5) is 28.7 Å². The Bertz CT molecular complexity index is 1520. The van der Waals surface area contributed by atoms with Crippen LogP contribution in [0.5, 0.6) is 0 Å². The van der Waals surface area contributed by atoms with Gasteiger partial charge in [-0.1, -0.05) is 11.6 Å². The maximum absolute atomic E-state index is 14.1. The standard InChI is InChI=1S/C34H45ClF3N7O3S/c1-39-30-27(34(36,37)38)18-22(19-28(30)35)17-24(32(47)44-10-3-25(4-11-44)42-14-12-41(2)13-15-42)20-29(46)43-8-5-26(6-9-43)45-21-23-7-16-49-31(23)40-33(45)48/h7,16,18-19,24-26,39H,3-6,8-15,17,20-21H2,1-2H3,(H,40,48)/t24-/m0/s1. The smallest absolute Gasteiger partial charge is 0.386 e. The molecule has 3 saturated heterocycles. The van der Waals surface area contributed by atoms with E-state index in [2.05, 4.69) is 27.5 Å². The number of rotatable bonds is 8. The highest BCUT2D eigenvalue weighted by Crippen LogP contribution is 2.40. The zero-order valence-electron chi connectivity index (χ0n) is 28.0. The molecule has 15 heteroatoms. The summed E-state index contributed by atoms with van der Waals surface area (Å²) in [5, 5.41) is 8.24. The van der Waals surface area contributed by atoms with E-state index >= 15 is 0 Å². The first-order valence-corrected chi connectivity index (χ1v) is 18.4.